The molecule has 1 N–H and O–H groups in total. The van der Waals surface area contributed by atoms with E-state index in [1.54, 1.807) is 6.07 Å². The summed E-state index contributed by atoms with van der Waals surface area (Å²) in [6.45, 7) is 2.00. The Balaban J connectivity index is 1.65. The molecule has 1 aliphatic heterocycles. The minimum atomic E-state index is 0.0866. The lowest BCUT2D eigenvalue weighted by atomic mass is 10.0. The van der Waals surface area contributed by atoms with Crippen LogP contribution in [0.25, 0.3) is 0 Å². The average molecular weight is 327 g/mol. The van der Waals surface area contributed by atoms with Crippen LogP contribution in [0.1, 0.15) is 30.7 Å². The zero-order chi connectivity index (χ0) is 15.0. The van der Waals surface area contributed by atoms with Crippen LogP contribution in [-0.2, 0) is 4.79 Å². The summed E-state index contributed by atoms with van der Waals surface area (Å²) in [7, 11) is 1.94. The Labute approximate surface area is 135 Å². The number of benzene rings is 1. The van der Waals surface area contributed by atoms with E-state index in [4.69, 9.17) is 23.2 Å². The molecule has 0 spiro atoms. The van der Waals surface area contributed by atoms with Gasteiger partial charge in [-0.05, 0) is 56.0 Å². The Bertz CT molecular complexity index is 543. The molecule has 1 aromatic rings. The Morgan fingerprint density at radius 3 is 2.67 bits per heavy atom. The summed E-state index contributed by atoms with van der Waals surface area (Å²) in [6, 6.07) is 5.93. The van der Waals surface area contributed by atoms with Crippen LogP contribution in [-0.4, -0.2) is 37.0 Å². The summed E-state index contributed by atoms with van der Waals surface area (Å²) >= 11 is 12.2. The Morgan fingerprint density at radius 1 is 1.29 bits per heavy atom. The fourth-order valence-electron chi connectivity index (χ4n) is 3.25. The smallest absolute Gasteiger partial charge is 0.226 e. The second-order valence-electron chi connectivity index (χ2n) is 6.04. The first-order chi connectivity index (χ1) is 10.1. The van der Waals surface area contributed by atoms with Crippen LogP contribution >= 0.6 is 23.2 Å². The van der Waals surface area contributed by atoms with E-state index in [0.717, 1.165) is 37.9 Å². The van der Waals surface area contributed by atoms with E-state index < -0.39 is 0 Å². The normalized spacial score (nSPS) is 25.7. The van der Waals surface area contributed by atoms with Crippen molar-refractivity contribution in [3.8, 4) is 0 Å². The highest BCUT2D eigenvalue weighted by Crippen LogP contribution is 2.51. The van der Waals surface area contributed by atoms with Crippen LogP contribution in [0, 0.1) is 5.92 Å². The number of amides is 1. The fraction of sp³-hybridized carbons (Fsp3) is 0.562. The number of carbonyl (C=O) groups excluding carboxylic acids is 1. The van der Waals surface area contributed by atoms with Gasteiger partial charge in [0.25, 0.3) is 0 Å². The van der Waals surface area contributed by atoms with Crippen molar-refractivity contribution < 1.29 is 4.79 Å². The number of piperidine rings is 1. The second kappa shape index (κ2) is 6.15. The highest BCUT2D eigenvalue weighted by molar-refractivity contribution is 6.35. The molecule has 1 aromatic carbocycles. The number of hydrogen-bond acceptors (Lipinski definition) is 2. The Kier molecular flexibility index (Phi) is 4.43. The summed E-state index contributed by atoms with van der Waals surface area (Å²) in [5, 5.41) is 4.64. The van der Waals surface area contributed by atoms with Gasteiger partial charge in [-0.15, -0.1) is 0 Å². The maximum Gasteiger partial charge on any atom is 0.226 e. The van der Waals surface area contributed by atoms with Crippen molar-refractivity contribution in [2.24, 2.45) is 5.92 Å². The minimum Gasteiger partial charge on any atom is -0.342 e. The van der Waals surface area contributed by atoms with Gasteiger partial charge in [0.05, 0.1) is 0 Å². The lowest BCUT2D eigenvalue weighted by molar-refractivity contribution is -0.133. The Hall–Kier alpha value is -0.770. The summed E-state index contributed by atoms with van der Waals surface area (Å²) in [5.74, 6) is 0.605. The van der Waals surface area contributed by atoms with Gasteiger partial charge in [0.1, 0.15) is 0 Å². The van der Waals surface area contributed by atoms with Gasteiger partial charge in [-0.2, -0.15) is 0 Å². The maximum absolute atomic E-state index is 12.6. The van der Waals surface area contributed by atoms with Crippen molar-refractivity contribution in [2.75, 3.05) is 20.1 Å². The molecule has 0 bridgehead atoms. The van der Waals surface area contributed by atoms with Gasteiger partial charge in [0.2, 0.25) is 5.91 Å². The van der Waals surface area contributed by atoms with E-state index >= 15 is 0 Å². The zero-order valence-corrected chi connectivity index (χ0v) is 13.6. The van der Waals surface area contributed by atoms with Crippen LogP contribution in [0.15, 0.2) is 18.2 Å². The molecular formula is C16H20Cl2N2O. The van der Waals surface area contributed by atoms with Crippen molar-refractivity contribution in [3.63, 3.8) is 0 Å². The molecule has 1 aliphatic carbocycles. The number of nitrogens with zero attached hydrogens (tertiary/aromatic N) is 1. The van der Waals surface area contributed by atoms with Crippen molar-refractivity contribution >= 4 is 29.1 Å². The topological polar surface area (TPSA) is 32.3 Å². The molecule has 1 heterocycles. The predicted molar refractivity (Wildman–Crippen MR) is 86.0 cm³/mol. The van der Waals surface area contributed by atoms with Crippen molar-refractivity contribution in [1.82, 2.24) is 10.2 Å². The monoisotopic (exact) mass is 326 g/mol. The third-order valence-corrected chi connectivity index (χ3v) is 5.24. The number of carbonyl (C=O) groups is 1. The van der Waals surface area contributed by atoms with Gasteiger partial charge < -0.3 is 10.2 Å². The summed E-state index contributed by atoms with van der Waals surface area (Å²) in [5.41, 5.74) is 1.05. The molecule has 1 amide bonds. The zero-order valence-electron chi connectivity index (χ0n) is 12.1. The van der Waals surface area contributed by atoms with Crippen molar-refractivity contribution in [2.45, 2.75) is 31.2 Å². The van der Waals surface area contributed by atoms with Crippen LogP contribution < -0.4 is 5.32 Å². The van der Waals surface area contributed by atoms with Crippen LogP contribution in [0.4, 0.5) is 0 Å². The quantitative estimate of drug-likeness (QED) is 0.924. The molecule has 0 radical (unpaired) electrons. The summed E-state index contributed by atoms with van der Waals surface area (Å²) in [4.78, 5) is 14.6. The summed E-state index contributed by atoms with van der Waals surface area (Å²) in [6.07, 6.45) is 2.98. The van der Waals surface area contributed by atoms with Gasteiger partial charge in [0.15, 0.2) is 0 Å². The lowest BCUT2D eigenvalue weighted by Gasteiger charge is -2.32. The van der Waals surface area contributed by atoms with E-state index in [-0.39, 0.29) is 17.7 Å². The molecule has 2 fully saturated rings. The maximum atomic E-state index is 12.6. The molecule has 2 atom stereocenters. The number of halogens is 2. The van der Waals surface area contributed by atoms with Gasteiger partial charge in [-0.3, -0.25) is 4.79 Å². The molecule has 0 aromatic heterocycles. The van der Waals surface area contributed by atoms with E-state index in [1.165, 1.54) is 0 Å². The highest BCUT2D eigenvalue weighted by Gasteiger charge is 2.46. The highest BCUT2D eigenvalue weighted by atomic mass is 35.5. The standard InChI is InChI=1S/C16H20Cl2N2O/c1-20(11-4-6-19-7-5-11)16(21)14-9-13(14)12-3-2-10(17)8-15(12)18/h2-3,8,11,13-14,19H,4-7,9H2,1H3/t13-,14-/m1/s1. The second-order valence-corrected chi connectivity index (χ2v) is 6.89. The van der Waals surface area contributed by atoms with Crippen LogP contribution in [0.5, 0.6) is 0 Å². The molecule has 5 heteroatoms. The number of hydrogen-bond donors (Lipinski definition) is 1. The molecule has 21 heavy (non-hydrogen) atoms. The van der Waals surface area contributed by atoms with Gasteiger partial charge in [-0.25, -0.2) is 0 Å². The van der Waals surface area contributed by atoms with E-state index in [2.05, 4.69) is 5.32 Å². The van der Waals surface area contributed by atoms with E-state index in [0.29, 0.717) is 16.1 Å². The average Bonchev–Trinajstić information content (AvgIpc) is 3.27. The predicted octanol–water partition coefficient (Wildman–Crippen LogP) is 3.31. The summed E-state index contributed by atoms with van der Waals surface area (Å²) < 4.78 is 0. The SMILES string of the molecule is CN(C(=O)[C@@H]1C[C@@H]1c1ccc(Cl)cc1Cl)C1CCNCC1. The van der Waals surface area contributed by atoms with Crippen molar-refractivity contribution in [1.29, 1.82) is 0 Å². The molecule has 114 valence electrons. The van der Waals surface area contributed by atoms with Gasteiger partial charge in [0, 0.05) is 29.1 Å². The molecule has 1 saturated carbocycles. The Morgan fingerprint density at radius 2 is 2.00 bits per heavy atom. The first kappa shape index (κ1) is 15.1. The molecule has 0 unspecified atom stereocenters. The van der Waals surface area contributed by atoms with Crippen LogP contribution in [0.2, 0.25) is 10.0 Å². The van der Waals surface area contributed by atoms with Gasteiger partial charge in [-0.1, -0.05) is 29.3 Å². The van der Waals surface area contributed by atoms with E-state index in [9.17, 15) is 4.79 Å². The molecular weight excluding hydrogens is 307 g/mol. The number of nitrogens with one attached hydrogen (secondary N) is 1. The third kappa shape index (κ3) is 3.20. The van der Waals surface area contributed by atoms with Crippen molar-refractivity contribution in [3.05, 3.63) is 33.8 Å². The first-order valence-corrected chi connectivity index (χ1v) is 8.26. The number of rotatable bonds is 3. The third-order valence-electron chi connectivity index (χ3n) is 4.67. The molecule has 1 saturated heterocycles. The fourth-order valence-corrected chi connectivity index (χ4v) is 3.80. The minimum absolute atomic E-state index is 0.0866. The lowest BCUT2D eigenvalue weighted by Crippen LogP contribution is -2.44. The molecule has 3 nitrogen and oxygen atoms in total. The molecule has 2 aliphatic rings. The molecule has 3 rings (SSSR count). The largest absolute Gasteiger partial charge is 0.342 e. The van der Waals surface area contributed by atoms with Crippen LogP contribution in [0.3, 0.4) is 0 Å². The van der Waals surface area contributed by atoms with Gasteiger partial charge >= 0.3 is 0 Å². The first-order valence-electron chi connectivity index (χ1n) is 7.50. The van der Waals surface area contributed by atoms with E-state index in [1.807, 2.05) is 24.1 Å².